The SMILES string of the molecule is Cc1noc(C)c1CN1CC2(CC(CCOCc3cccc(F)c3)CO2)C1. The average molecular weight is 374 g/mol. The van der Waals surface area contributed by atoms with E-state index in [2.05, 4.69) is 10.1 Å². The second kappa shape index (κ2) is 7.70. The summed E-state index contributed by atoms with van der Waals surface area (Å²) in [5.41, 5.74) is 3.08. The van der Waals surface area contributed by atoms with Gasteiger partial charge in [-0.1, -0.05) is 17.3 Å². The van der Waals surface area contributed by atoms with Crippen LogP contribution in [0.2, 0.25) is 0 Å². The number of aromatic nitrogens is 1. The molecule has 1 spiro atoms. The second-order valence-corrected chi connectivity index (χ2v) is 7.98. The number of rotatable bonds is 7. The molecular formula is C21H27FN2O3. The minimum absolute atomic E-state index is 0.0200. The van der Waals surface area contributed by atoms with Crippen molar-refractivity contribution >= 4 is 0 Å². The third-order valence-corrected chi connectivity index (χ3v) is 5.70. The van der Waals surface area contributed by atoms with Gasteiger partial charge in [0.15, 0.2) is 0 Å². The molecule has 1 aromatic heterocycles. The van der Waals surface area contributed by atoms with Gasteiger partial charge in [-0.2, -0.15) is 0 Å². The third-order valence-electron chi connectivity index (χ3n) is 5.70. The Labute approximate surface area is 159 Å². The van der Waals surface area contributed by atoms with Gasteiger partial charge in [-0.05, 0) is 50.3 Å². The highest BCUT2D eigenvalue weighted by atomic mass is 19.1. The summed E-state index contributed by atoms with van der Waals surface area (Å²) in [5, 5.41) is 4.03. The molecule has 0 N–H and O–H groups in total. The van der Waals surface area contributed by atoms with Crippen molar-refractivity contribution < 1.29 is 18.4 Å². The molecule has 2 aromatic rings. The molecule has 2 aliphatic rings. The van der Waals surface area contributed by atoms with E-state index in [0.29, 0.717) is 19.1 Å². The number of halogens is 1. The molecule has 4 rings (SSSR count). The van der Waals surface area contributed by atoms with Gasteiger partial charge in [-0.25, -0.2) is 4.39 Å². The lowest BCUT2D eigenvalue weighted by molar-refractivity contribution is -0.114. The molecule has 2 fully saturated rings. The Kier molecular flexibility index (Phi) is 5.30. The predicted molar refractivity (Wildman–Crippen MR) is 98.7 cm³/mol. The van der Waals surface area contributed by atoms with E-state index < -0.39 is 0 Å². The monoisotopic (exact) mass is 374 g/mol. The number of nitrogens with zero attached hydrogens (tertiary/aromatic N) is 2. The molecule has 27 heavy (non-hydrogen) atoms. The van der Waals surface area contributed by atoms with E-state index in [0.717, 1.165) is 56.1 Å². The number of benzene rings is 1. The molecule has 0 aliphatic carbocycles. The summed E-state index contributed by atoms with van der Waals surface area (Å²) in [4.78, 5) is 2.40. The molecule has 0 amide bonds. The Morgan fingerprint density at radius 3 is 2.93 bits per heavy atom. The third kappa shape index (κ3) is 4.23. The summed E-state index contributed by atoms with van der Waals surface area (Å²) in [6.45, 7) is 8.74. The van der Waals surface area contributed by atoms with Gasteiger partial charge in [0.25, 0.3) is 0 Å². The summed E-state index contributed by atoms with van der Waals surface area (Å²) in [6, 6.07) is 6.58. The predicted octanol–water partition coefficient (Wildman–Crippen LogP) is 3.63. The van der Waals surface area contributed by atoms with E-state index in [1.54, 1.807) is 6.07 Å². The fourth-order valence-electron chi connectivity index (χ4n) is 4.24. The van der Waals surface area contributed by atoms with E-state index >= 15 is 0 Å². The zero-order valence-corrected chi connectivity index (χ0v) is 16.0. The van der Waals surface area contributed by atoms with Crippen molar-refractivity contribution in [2.75, 3.05) is 26.3 Å². The Bertz CT molecular complexity index is 766. The van der Waals surface area contributed by atoms with Crippen molar-refractivity contribution in [1.82, 2.24) is 10.1 Å². The Balaban J connectivity index is 1.17. The fraction of sp³-hybridized carbons (Fsp3) is 0.571. The first-order chi connectivity index (χ1) is 13.0. The van der Waals surface area contributed by atoms with Crippen LogP contribution in [0.25, 0.3) is 0 Å². The standard InChI is InChI=1S/C21H27FN2O3/c1-15-20(16(2)27-23-15)10-24-13-21(14-24)9-18(12-26-21)6-7-25-11-17-4-3-5-19(22)8-17/h3-5,8,18H,6-7,9-14H2,1-2H3. The zero-order chi connectivity index (χ0) is 18.9. The second-order valence-electron chi connectivity index (χ2n) is 7.98. The average Bonchev–Trinajstić information content (AvgIpc) is 3.17. The smallest absolute Gasteiger partial charge is 0.138 e. The van der Waals surface area contributed by atoms with Crippen molar-refractivity contribution in [3.05, 3.63) is 52.7 Å². The lowest BCUT2D eigenvalue weighted by Gasteiger charge is -2.47. The number of likely N-dealkylation sites (tertiary alicyclic amines) is 1. The zero-order valence-electron chi connectivity index (χ0n) is 16.0. The highest BCUT2D eigenvalue weighted by Gasteiger charge is 2.49. The molecule has 1 unspecified atom stereocenters. The number of aryl methyl sites for hydroxylation is 2. The molecular weight excluding hydrogens is 347 g/mol. The highest BCUT2D eigenvalue weighted by molar-refractivity contribution is 5.21. The molecule has 1 aromatic carbocycles. The van der Waals surface area contributed by atoms with Crippen LogP contribution in [0.5, 0.6) is 0 Å². The number of hydrogen-bond donors (Lipinski definition) is 0. The molecule has 0 bridgehead atoms. The first-order valence-corrected chi connectivity index (χ1v) is 9.63. The van der Waals surface area contributed by atoms with Crippen molar-refractivity contribution in [2.45, 2.75) is 45.4 Å². The van der Waals surface area contributed by atoms with Crippen molar-refractivity contribution in [1.29, 1.82) is 0 Å². The van der Waals surface area contributed by atoms with Crippen LogP contribution in [0.15, 0.2) is 28.8 Å². The van der Waals surface area contributed by atoms with Crippen molar-refractivity contribution in [3.8, 4) is 0 Å². The minimum Gasteiger partial charge on any atom is -0.377 e. The lowest BCUT2D eigenvalue weighted by atomic mass is 9.85. The Hall–Kier alpha value is -1.76. The maximum Gasteiger partial charge on any atom is 0.138 e. The topological polar surface area (TPSA) is 47.7 Å². The van der Waals surface area contributed by atoms with Gasteiger partial charge in [-0.3, -0.25) is 4.90 Å². The Morgan fingerprint density at radius 2 is 2.19 bits per heavy atom. The van der Waals surface area contributed by atoms with E-state index in [-0.39, 0.29) is 11.4 Å². The van der Waals surface area contributed by atoms with E-state index in [1.165, 1.54) is 17.7 Å². The largest absolute Gasteiger partial charge is 0.377 e. The van der Waals surface area contributed by atoms with Gasteiger partial charge in [0.2, 0.25) is 0 Å². The van der Waals surface area contributed by atoms with Crippen LogP contribution in [-0.2, 0) is 22.6 Å². The van der Waals surface area contributed by atoms with Crippen LogP contribution in [0.3, 0.4) is 0 Å². The molecule has 3 heterocycles. The normalized spacial score (nSPS) is 21.7. The fourth-order valence-corrected chi connectivity index (χ4v) is 4.24. The van der Waals surface area contributed by atoms with Crippen LogP contribution >= 0.6 is 0 Å². The highest BCUT2D eigenvalue weighted by Crippen LogP contribution is 2.40. The molecule has 0 radical (unpaired) electrons. The quantitative estimate of drug-likeness (QED) is 0.693. The van der Waals surface area contributed by atoms with Gasteiger partial charge in [0.1, 0.15) is 11.6 Å². The van der Waals surface area contributed by atoms with Gasteiger partial charge in [-0.15, -0.1) is 0 Å². The molecule has 1 atom stereocenters. The van der Waals surface area contributed by atoms with Gasteiger partial charge >= 0.3 is 0 Å². The van der Waals surface area contributed by atoms with E-state index in [1.807, 2.05) is 19.9 Å². The van der Waals surface area contributed by atoms with E-state index in [9.17, 15) is 4.39 Å². The minimum atomic E-state index is -0.214. The summed E-state index contributed by atoms with van der Waals surface area (Å²) in [5.74, 6) is 1.24. The van der Waals surface area contributed by atoms with Gasteiger partial charge in [0, 0.05) is 31.8 Å². The summed E-state index contributed by atoms with van der Waals surface area (Å²) < 4.78 is 30.3. The van der Waals surface area contributed by atoms with Crippen molar-refractivity contribution in [2.24, 2.45) is 5.92 Å². The van der Waals surface area contributed by atoms with Crippen LogP contribution in [-0.4, -0.2) is 42.0 Å². The molecule has 0 saturated carbocycles. The summed E-state index contributed by atoms with van der Waals surface area (Å²) in [6.07, 6.45) is 2.08. The lowest BCUT2D eigenvalue weighted by Crippen LogP contribution is -2.60. The van der Waals surface area contributed by atoms with E-state index in [4.69, 9.17) is 14.0 Å². The maximum atomic E-state index is 13.2. The van der Waals surface area contributed by atoms with Crippen LogP contribution in [0.4, 0.5) is 4.39 Å². The molecule has 2 aliphatic heterocycles. The summed E-state index contributed by atoms with van der Waals surface area (Å²) in [7, 11) is 0. The van der Waals surface area contributed by atoms with Gasteiger partial charge < -0.3 is 14.0 Å². The number of ether oxygens (including phenoxy) is 2. The van der Waals surface area contributed by atoms with Gasteiger partial charge in [0.05, 0.1) is 24.5 Å². The molecule has 5 nitrogen and oxygen atoms in total. The van der Waals surface area contributed by atoms with Crippen LogP contribution in [0, 0.1) is 25.6 Å². The maximum absolute atomic E-state index is 13.2. The number of hydrogen-bond acceptors (Lipinski definition) is 5. The molecule has 6 heteroatoms. The van der Waals surface area contributed by atoms with Crippen LogP contribution in [0.1, 0.15) is 35.4 Å². The van der Waals surface area contributed by atoms with Crippen molar-refractivity contribution in [3.63, 3.8) is 0 Å². The molecule has 2 saturated heterocycles. The first-order valence-electron chi connectivity index (χ1n) is 9.63. The molecule has 146 valence electrons. The Morgan fingerprint density at radius 1 is 1.33 bits per heavy atom. The van der Waals surface area contributed by atoms with Crippen LogP contribution < -0.4 is 0 Å². The first kappa shape index (κ1) is 18.6. The summed E-state index contributed by atoms with van der Waals surface area (Å²) >= 11 is 0.